The van der Waals surface area contributed by atoms with E-state index in [4.69, 9.17) is 11.6 Å². The van der Waals surface area contributed by atoms with Crippen molar-refractivity contribution in [2.45, 2.75) is 20.3 Å². The van der Waals surface area contributed by atoms with Gasteiger partial charge in [-0.05, 0) is 54.8 Å². The second-order valence-corrected chi connectivity index (χ2v) is 7.88. The minimum Gasteiger partial charge on any atom is -0.352 e. The quantitative estimate of drug-likeness (QED) is 0.516. The van der Waals surface area contributed by atoms with Crippen molar-refractivity contribution in [2.75, 3.05) is 6.54 Å². The number of fused-ring (bicyclic) bond motifs is 3. The van der Waals surface area contributed by atoms with E-state index in [0.717, 1.165) is 11.8 Å². The van der Waals surface area contributed by atoms with Crippen LogP contribution in [0.15, 0.2) is 53.5 Å². The minimum absolute atomic E-state index is 0.135. The van der Waals surface area contributed by atoms with Crippen LogP contribution in [0.5, 0.6) is 0 Å². The molecule has 29 heavy (non-hydrogen) atoms. The predicted molar refractivity (Wildman–Crippen MR) is 116 cm³/mol. The van der Waals surface area contributed by atoms with Gasteiger partial charge < -0.3 is 5.32 Å². The molecule has 2 N–H and O–H groups in total. The van der Waals surface area contributed by atoms with Crippen molar-refractivity contribution in [2.24, 2.45) is 5.92 Å². The lowest BCUT2D eigenvalue weighted by molar-refractivity contribution is 0.0952. The Morgan fingerprint density at radius 2 is 1.93 bits per heavy atom. The average Bonchev–Trinajstić information content (AvgIpc) is 3.05. The summed E-state index contributed by atoms with van der Waals surface area (Å²) < 4.78 is 1.46. The zero-order valence-electron chi connectivity index (χ0n) is 16.2. The SMILES string of the molecule is CC(C)CCNC(=O)c1ccc2ncc3c(=O)n(-c4ccc(Cl)cc4)[nH]c3c2c1. The average molecular weight is 409 g/mol. The summed E-state index contributed by atoms with van der Waals surface area (Å²) in [7, 11) is 0. The maximum Gasteiger partial charge on any atom is 0.280 e. The van der Waals surface area contributed by atoms with Crippen molar-refractivity contribution in [3.05, 3.63) is 69.6 Å². The third-order valence-electron chi connectivity index (χ3n) is 4.88. The topological polar surface area (TPSA) is 79.8 Å². The smallest absolute Gasteiger partial charge is 0.280 e. The van der Waals surface area contributed by atoms with Gasteiger partial charge in [-0.1, -0.05) is 25.4 Å². The van der Waals surface area contributed by atoms with Gasteiger partial charge in [0.2, 0.25) is 0 Å². The highest BCUT2D eigenvalue weighted by Crippen LogP contribution is 2.23. The molecule has 6 nitrogen and oxygen atoms in total. The molecule has 0 aliphatic carbocycles. The van der Waals surface area contributed by atoms with Gasteiger partial charge in [0.1, 0.15) is 0 Å². The van der Waals surface area contributed by atoms with Gasteiger partial charge in [-0.3, -0.25) is 19.7 Å². The molecule has 4 aromatic rings. The summed E-state index contributed by atoms with van der Waals surface area (Å²) in [6, 6.07) is 12.3. The summed E-state index contributed by atoms with van der Waals surface area (Å²) in [4.78, 5) is 29.8. The van der Waals surface area contributed by atoms with Crippen LogP contribution in [0.1, 0.15) is 30.6 Å². The number of nitrogens with one attached hydrogen (secondary N) is 2. The van der Waals surface area contributed by atoms with Crippen LogP contribution < -0.4 is 10.9 Å². The molecule has 1 amide bonds. The number of halogens is 1. The molecule has 0 unspecified atom stereocenters. The highest BCUT2D eigenvalue weighted by Gasteiger charge is 2.14. The summed E-state index contributed by atoms with van der Waals surface area (Å²) >= 11 is 5.95. The summed E-state index contributed by atoms with van der Waals surface area (Å²) in [5.74, 6) is 0.387. The maximum absolute atomic E-state index is 12.9. The fraction of sp³-hybridized carbons (Fsp3) is 0.227. The first kappa shape index (κ1) is 19.2. The van der Waals surface area contributed by atoms with Gasteiger partial charge in [0.15, 0.2) is 0 Å². The summed E-state index contributed by atoms with van der Waals surface area (Å²) in [5, 5.41) is 7.88. The number of nitrogens with zero attached hydrogens (tertiary/aromatic N) is 2. The number of carbonyl (C=O) groups excluding carboxylic acids is 1. The first-order valence-corrected chi connectivity index (χ1v) is 9.89. The standard InChI is InChI=1S/C22H21ClN4O2/c1-13(2)9-10-24-21(28)14-3-8-19-17(11-14)20-18(12-25-19)22(29)27(26-20)16-6-4-15(23)5-7-16/h3-8,11-13,26H,9-10H2,1-2H3,(H,24,28). The first-order valence-electron chi connectivity index (χ1n) is 9.51. The molecule has 2 heterocycles. The second-order valence-electron chi connectivity index (χ2n) is 7.45. The number of H-pyrrole nitrogens is 1. The number of pyridine rings is 1. The van der Waals surface area contributed by atoms with Gasteiger partial charge in [0, 0.05) is 28.7 Å². The Kier molecular flexibility index (Phi) is 5.11. The van der Waals surface area contributed by atoms with E-state index in [1.165, 1.54) is 4.68 Å². The van der Waals surface area contributed by atoms with Gasteiger partial charge >= 0.3 is 0 Å². The molecule has 0 spiro atoms. The van der Waals surface area contributed by atoms with Crippen molar-refractivity contribution in [1.29, 1.82) is 0 Å². The summed E-state index contributed by atoms with van der Waals surface area (Å²) in [5.41, 5.74) is 2.36. The lowest BCUT2D eigenvalue weighted by Gasteiger charge is -2.08. The highest BCUT2D eigenvalue weighted by molar-refractivity contribution is 6.30. The van der Waals surface area contributed by atoms with E-state index >= 15 is 0 Å². The Bertz CT molecular complexity index is 1260. The molecule has 7 heteroatoms. The van der Waals surface area contributed by atoms with E-state index in [0.29, 0.717) is 45.2 Å². The van der Waals surface area contributed by atoms with Gasteiger partial charge in [-0.2, -0.15) is 0 Å². The third-order valence-corrected chi connectivity index (χ3v) is 5.13. The zero-order valence-corrected chi connectivity index (χ0v) is 17.0. The molecular weight excluding hydrogens is 388 g/mol. The molecule has 0 aliphatic heterocycles. The zero-order chi connectivity index (χ0) is 20.5. The molecule has 0 aliphatic rings. The normalized spacial score (nSPS) is 11.4. The van der Waals surface area contributed by atoms with E-state index in [9.17, 15) is 9.59 Å². The fourth-order valence-corrected chi connectivity index (χ4v) is 3.37. The van der Waals surface area contributed by atoms with Crippen LogP contribution in [0.3, 0.4) is 0 Å². The lowest BCUT2D eigenvalue weighted by Crippen LogP contribution is -2.25. The second kappa shape index (κ2) is 7.72. The largest absolute Gasteiger partial charge is 0.352 e. The molecule has 0 saturated heterocycles. The molecule has 0 atom stereocenters. The van der Waals surface area contributed by atoms with Crippen LogP contribution in [0, 0.1) is 5.92 Å². The highest BCUT2D eigenvalue weighted by atomic mass is 35.5. The summed E-state index contributed by atoms with van der Waals surface area (Å²) in [6.45, 7) is 4.86. The summed E-state index contributed by atoms with van der Waals surface area (Å²) in [6.07, 6.45) is 2.48. The first-order chi connectivity index (χ1) is 13.9. The molecule has 0 radical (unpaired) electrons. The van der Waals surface area contributed by atoms with Gasteiger partial charge in [-0.25, -0.2) is 4.68 Å². The molecule has 0 saturated carbocycles. The molecule has 0 fully saturated rings. The van der Waals surface area contributed by atoms with E-state index in [1.807, 2.05) is 0 Å². The molecule has 4 rings (SSSR count). The van der Waals surface area contributed by atoms with Crippen molar-refractivity contribution in [3.8, 4) is 5.69 Å². The van der Waals surface area contributed by atoms with Crippen LogP contribution >= 0.6 is 11.6 Å². The number of aromatic amines is 1. The van der Waals surface area contributed by atoms with Crippen LogP contribution in [-0.4, -0.2) is 27.2 Å². The third kappa shape index (κ3) is 3.76. The van der Waals surface area contributed by atoms with Crippen molar-refractivity contribution < 1.29 is 4.79 Å². The Labute approximate surface area is 172 Å². The Morgan fingerprint density at radius 3 is 2.66 bits per heavy atom. The van der Waals surface area contributed by atoms with Crippen molar-refractivity contribution in [3.63, 3.8) is 0 Å². The molecule has 0 bridgehead atoms. The number of amides is 1. The van der Waals surface area contributed by atoms with Gasteiger partial charge in [0.25, 0.3) is 11.5 Å². The molecular formula is C22H21ClN4O2. The van der Waals surface area contributed by atoms with E-state index in [-0.39, 0.29) is 11.5 Å². The lowest BCUT2D eigenvalue weighted by atomic mass is 10.1. The monoisotopic (exact) mass is 408 g/mol. The Balaban J connectivity index is 1.78. The van der Waals surface area contributed by atoms with Crippen LogP contribution in [-0.2, 0) is 0 Å². The van der Waals surface area contributed by atoms with Crippen molar-refractivity contribution >= 4 is 39.3 Å². The number of hydrogen-bond donors (Lipinski definition) is 2. The van der Waals surface area contributed by atoms with Crippen LogP contribution in [0.2, 0.25) is 5.02 Å². The molecule has 2 aromatic carbocycles. The Hall–Kier alpha value is -3.12. The van der Waals surface area contributed by atoms with Crippen LogP contribution in [0.4, 0.5) is 0 Å². The fourth-order valence-electron chi connectivity index (χ4n) is 3.25. The predicted octanol–water partition coefficient (Wildman–Crippen LogP) is 4.30. The Morgan fingerprint density at radius 1 is 1.17 bits per heavy atom. The minimum atomic E-state index is -0.205. The van der Waals surface area contributed by atoms with Gasteiger partial charge in [0.05, 0.1) is 22.1 Å². The number of aromatic nitrogens is 3. The van der Waals surface area contributed by atoms with Crippen LogP contribution in [0.25, 0.3) is 27.5 Å². The number of carbonyl (C=O) groups is 1. The molecule has 148 valence electrons. The van der Waals surface area contributed by atoms with E-state index in [1.54, 1.807) is 48.7 Å². The van der Waals surface area contributed by atoms with Gasteiger partial charge in [-0.15, -0.1) is 0 Å². The molecule has 2 aromatic heterocycles. The van der Waals surface area contributed by atoms with E-state index < -0.39 is 0 Å². The van der Waals surface area contributed by atoms with E-state index in [2.05, 4.69) is 29.2 Å². The maximum atomic E-state index is 12.9. The number of rotatable bonds is 5. The number of hydrogen-bond acceptors (Lipinski definition) is 3. The number of benzene rings is 2. The van der Waals surface area contributed by atoms with Crippen molar-refractivity contribution in [1.82, 2.24) is 20.1 Å².